The number of carbonyl (C=O) groups is 2. The van der Waals surface area contributed by atoms with E-state index in [0.29, 0.717) is 5.56 Å². The average molecular weight is 441 g/mol. The van der Waals surface area contributed by atoms with Crippen molar-refractivity contribution < 1.29 is 14.3 Å². The van der Waals surface area contributed by atoms with Crippen molar-refractivity contribution in [2.24, 2.45) is 0 Å². The highest BCUT2D eigenvalue weighted by Gasteiger charge is 2.24. The molecular formula is C23H24N2O3S2. The Morgan fingerprint density at radius 1 is 1.17 bits per heavy atom. The highest BCUT2D eigenvalue weighted by atomic mass is 32.2. The number of esters is 1. The Hall–Kier alpha value is -2.38. The second kappa shape index (κ2) is 9.62. The molecule has 1 aromatic heterocycles. The van der Waals surface area contributed by atoms with Crippen LogP contribution in [0.3, 0.4) is 0 Å². The van der Waals surface area contributed by atoms with Crippen LogP contribution in [0.2, 0.25) is 0 Å². The first kappa shape index (κ1) is 20.9. The summed E-state index contributed by atoms with van der Waals surface area (Å²) < 4.78 is 7.47. The minimum Gasteiger partial charge on any atom is -0.452 e. The number of hydrogen-bond donors (Lipinski definition) is 0. The van der Waals surface area contributed by atoms with Crippen molar-refractivity contribution in [3.05, 3.63) is 59.7 Å². The normalized spacial score (nSPS) is 16.6. The molecule has 5 nitrogen and oxygen atoms in total. The molecule has 1 saturated heterocycles. The first-order valence-corrected chi connectivity index (χ1v) is 11.9. The van der Waals surface area contributed by atoms with Crippen molar-refractivity contribution in [1.82, 2.24) is 9.88 Å². The molecule has 1 aliphatic rings. The van der Waals surface area contributed by atoms with Crippen LogP contribution in [0.5, 0.6) is 0 Å². The molecule has 0 spiro atoms. The lowest BCUT2D eigenvalue weighted by Crippen LogP contribution is -2.44. The molecule has 0 N–H and O–H groups in total. The van der Waals surface area contributed by atoms with Crippen LogP contribution in [-0.4, -0.2) is 41.0 Å². The zero-order valence-corrected chi connectivity index (χ0v) is 18.5. The van der Waals surface area contributed by atoms with Crippen LogP contribution in [0.25, 0.3) is 10.2 Å². The molecule has 3 aromatic rings. The SMILES string of the molecule is CC1CCCCN1C(=O)COC(=O)c1ccc(CSc2nc3ccccc3s2)cc1. The maximum absolute atomic E-state index is 12.3. The Kier molecular flexibility index (Phi) is 6.69. The molecule has 1 atom stereocenters. The largest absolute Gasteiger partial charge is 0.452 e. The Labute approximate surface area is 184 Å². The van der Waals surface area contributed by atoms with Gasteiger partial charge in [-0.05, 0) is 56.0 Å². The van der Waals surface area contributed by atoms with E-state index in [1.165, 1.54) is 4.70 Å². The van der Waals surface area contributed by atoms with E-state index in [9.17, 15) is 9.59 Å². The molecule has 2 heterocycles. The Morgan fingerprint density at radius 3 is 2.73 bits per heavy atom. The Balaban J connectivity index is 1.28. The van der Waals surface area contributed by atoms with Crippen molar-refractivity contribution >= 4 is 45.2 Å². The van der Waals surface area contributed by atoms with Crippen LogP contribution >= 0.6 is 23.1 Å². The van der Waals surface area contributed by atoms with Gasteiger partial charge in [-0.1, -0.05) is 36.0 Å². The first-order valence-electron chi connectivity index (χ1n) is 10.1. The van der Waals surface area contributed by atoms with Crippen molar-refractivity contribution in [3.63, 3.8) is 0 Å². The third-order valence-corrected chi connectivity index (χ3v) is 7.53. The van der Waals surface area contributed by atoms with Crippen molar-refractivity contribution in [2.45, 2.75) is 42.3 Å². The minimum atomic E-state index is -0.460. The fourth-order valence-electron chi connectivity index (χ4n) is 3.56. The van der Waals surface area contributed by atoms with Gasteiger partial charge in [-0.25, -0.2) is 9.78 Å². The van der Waals surface area contributed by atoms with Gasteiger partial charge in [-0.3, -0.25) is 4.79 Å². The second-order valence-electron chi connectivity index (χ2n) is 7.44. The number of nitrogens with zero attached hydrogens (tertiary/aromatic N) is 2. The second-order valence-corrected chi connectivity index (χ2v) is 9.69. The van der Waals surface area contributed by atoms with Gasteiger partial charge in [0.2, 0.25) is 0 Å². The molecule has 1 fully saturated rings. The number of benzene rings is 2. The van der Waals surface area contributed by atoms with Gasteiger partial charge in [0.05, 0.1) is 15.8 Å². The number of aromatic nitrogens is 1. The van der Waals surface area contributed by atoms with Crippen molar-refractivity contribution in [3.8, 4) is 0 Å². The van der Waals surface area contributed by atoms with Crippen molar-refractivity contribution in [1.29, 1.82) is 0 Å². The summed E-state index contributed by atoms with van der Waals surface area (Å²) in [5, 5.41) is 0. The van der Waals surface area contributed by atoms with Gasteiger partial charge in [0.25, 0.3) is 5.91 Å². The van der Waals surface area contributed by atoms with E-state index in [-0.39, 0.29) is 18.6 Å². The number of likely N-dealkylation sites (tertiary alicyclic amines) is 1. The highest BCUT2D eigenvalue weighted by molar-refractivity contribution is 8.00. The first-order chi connectivity index (χ1) is 14.6. The monoisotopic (exact) mass is 440 g/mol. The van der Waals surface area contributed by atoms with Crippen LogP contribution in [-0.2, 0) is 15.3 Å². The van der Waals surface area contributed by atoms with Crippen LogP contribution < -0.4 is 0 Å². The van der Waals surface area contributed by atoms with E-state index in [1.54, 1.807) is 35.2 Å². The smallest absolute Gasteiger partial charge is 0.338 e. The fraction of sp³-hybridized carbons (Fsp3) is 0.348. The molecule has 0 saturated carbocycles. The maximum atomic E-state index is 12.3. The number of amides is 1. The highest BCUT2D eigenvalue weighted by Crippen LogP contribution is 2.31. The number of thioether (sulfide) groups is 1. The van der Waals surface area contributed by atoms with E-state index in [4.69, 9.17) is 4.74 Å². The molecule has 0 bridgehead atoms. The van der Waals surface area contributed by atoms with Gasteiger partial charge in [-0.2, -0.15) is 0 Å². The third kappa shape index (κ3) is 5.02. The molecule has 0 aliphatic carbocycles. The summed E-state index contributed by atoms with van der Waals surface area (Å²) in [6.07, 6.45) is 3.17. The van der Waals surface area contributed by atoms with E-state index in [1.807, 2.05) is 42.2 Å². The topological polar surface area (TPSA) is 59.5 Å². The van der Waals surface area contributed by atoms with Crippen LogP contribution in [0.1, 0.15) is 42.1 Å². The molecule has 4 rings (SSSR count). The summed E-state index contributed by atoms with van der Waals surface area (Å²) in [5.41, 5.74) is 2.59. The molecule has 1 amide bonds. The van der Waals surface area contributed by atoms with E-state index in [0.717, 1.165) is 47.0 Å². The molecule has 1 unspecified atom stereocenters. The molecular weight excluding hydrogens is 416 g/mol. The van der Waals surface area contributed by atoms with Gasteiger partial charge in [-0.15, -0.1) is 11.3 Å². The van der Waals surface area contributed by atoms with Crippen LogP contribution in [0.4, 0.5) is 0 Å². The lowest BCUT2D eigenvalue weighted by atomic mass is 10.0. The number of carbonyl (C=O) groups excluding carboxylic acids is 2. The van der Waals surface area contributed by atoms with Gasteiger partial charge in [0.1, 0.15) is 0 Å². The van der Waals surface area contributed by atoms with E-state index in [2.05, 4.69) is 11.1 Å². The predicted molar refractivity (Wildman–Crippen MR) is 121 cm³/mol. The van der Waals surface area contributed by atoms with E-state index < -0.39 is 5.97 Å². The number of thiazole rings is 1. The summed E-state index contributed by atoms with van der Waals surface area (Å²) in [6, 6.07) is 15.7. The molecule has 1 aliphatic heterocycles. The molecule has 7 heteroatoms. The third-order valence-electron chi connectivity index (χ3n) is 5.28. The number of hydrogen-bond acceptors (Lipinski definition) is 6. The number of piperidine rings is 1. The summed E-state index contributed by atoms with van der Waals surface area (Å²) in [7, 11) is 0. The van der Waals surface area contributed by atoms with Gasteiger partial charge >= 0.3 is 5.97 Å². The number of fused-ring (bicyclic) bond motifs is 1. The lowest BCUT2D eigenvalue weighted by Gasteiger charge is -2.33. The standard InChI is InChI=1S/C23H24N2O3S2/c1-16-6-4-5-13-25(16)21(26)14-28-22(27)18-11-9-17(10-12-18)15-29-23-24-19-7-2-3-8-20(19)30-23/h2-3,7-12,16H,4-6,13-15H2,1H3. The Bertz CT molecular complexity index is 999. The Morgan fingerprint density at radius 2 is 1.97 bits per heavy atom. The van der Waals surface area contributed by atoms with Gasteiger partial charge in [0.15, 0.2) is 10.9 Å². The number of ether oxygens (including phenoxy) is 1. The zero-order chi connectivity index (χ0) is 20.9. The summed E-state index contributed by atoms with van der Waals surface area (Å²) >= 11 is 3.37. The van der Waals surface area contributed by atoms with Gasteiger partial charge in [0, 0.05) is 18.3 Å². The maximum Gasteiger partial charge on any atom is 0.338 e. The minimum absolute atomic E-state index is 0.112. The van der Waals surface area contributed by atoms with Crippen LogP contribution in [0, 0.1) is 0 Å². The fourth-order valence-corrected chi connectivity index (χ4v) is 5.58. The molecule has 0 radical (unpaired) electrons. The van der Waals surface area contributed by atoms with E-state index >= 15 is 0 Å². The van der Waals surface area contributed by atoms with Crippen LogP contribution in [0.15, 0.2) is 52.9 Å². The average Bonchev–Trinajstić information content (AvgIpc) is 3.19. The molecule has 156 valence electrons. The molecule has 30 heavy (non-hydrogen) atoms. The summed E-state index contributed by atoms with van der Waals surface area (Å²) in [4.78, 5) is 31.1. The van der Waals surface area contributed by atoms with Crippen molar-refractivity contribution in [2.75, 3.05) is 13.2 Å². The number of para-hydroxylation sites is 1. The predicted octanol–water partition coefficient (Wildman–Crippen LogP) is 5.15. The zero-order valence-electron chi connectivity index (χ0n) is 16.9. The number of rotatable bonds is 6. The quantitative estimate of drug-likeness (QED) is 0.392. The molecule has 2 aromatic carbocycles. The summed E-state index contributed by atoms with van der Waals surface area (Å²) in [6.45, 7) is 2.60. The van der Waals surface area contributed by atoms with Gasteiger partial charge < -0.3 is 9.64 Å². The summed E-state index contributed by atoms with van der Waals surface area (Å²) in [5.74, 6) is 0.207. The lowest BCUT2D eigenvalue weighted by molar-refractivity contribution is -0.137.